The summed E-state index contributed by atoms with van der Waals surface area (Å²) in [5.74, 6) is 0.714. The monoisotopic (exact) mass is 578 g/mol. The quantitative estimate of drug-likeness (QED) is 0.147. The highest BCUT2D eigenvalue weighted by Gasteiger charge is 2.25. The number of hydrogen-bond donors (Lipinski definition) is 2. The number of benzene rings is 1. The third-order valence-electron chi connectivity index (χ3n) is 7.59. The molecule has 1 saturated heterocycles. The van der Waals surface area contributed by atoms with Gasteiger partial charge in [-0.05, 0) is 44.4 Å². The van der Waals surface area contributed by atoms with Crippen LogP contribution in [-0.2, 0) is 10.0 Å². The van der Waals surface area contributed by atoms with E-state index in [2.05, 4.69) is 34.6 Å². The van der Waals surface area contributed by atoms with Crippen molar-refractivity contribution in [2.45, 2.75) is 110 Å². The summed E-state index contributed by atoms with van der Waals surface area (Å²) in [5.41, 5.74) is 3.82. The summed E-state index contributed by atoms with van der Waals surface area (Å²) in [4.78, 5) is 17.0. The maximum Gasteiger partial charge on any atom is 0.339 e. The number of carbonyl (C=O) groups excluding carboxylic acids is 1. The van der Waals surface area contributed by atoms with Gasteiger partial charge in [0.05, 0.1) is 4.90 Å². The van der Waals surface area contributed by atoms with E-state index < -0.39 is 16.1 Å². The first-order chi connectivity index (χ1) is 19.2. The van der Waals surface area contributed by atoms with E-state index in [0.29, 0.717) is 24.7 Å². The topological polar surface area (TPSA) is 97.3 Å². The van der Waals surface area contributed by atoms with Gasteiger partial charge in [-0.25, -0.2) is 18.6 Å². The Kier molecular flexibility index (Phi) is 15.4. The van der Waals surface area contributed by atoms with Gasteiger partial charge in [-0.2, -0.15) is 4.31 Å². The van der Waals surface area contributed by atoms with Gasteiger partial charge in [-0.1, -0.05) is 84.1 Å². The zero-order valence-electron chi connectivity index (χ0n) is 25.7. The molecule has 1 fully saturated rings. The Balaban J connectivity index is 2.10. The second kappa shape index (κ2) is 18.2. The second-order valence-corrected chi connectivity index (χ2v) is 12.8. The SMILES string of the molecule is CCCCCCCCN(CCCCCCCC)S(=O)(=O)c1ccc(C)c(NC(=O)N/N=C2/N(C)CCN2CC)c1. The van der Waals surface area contributed by atoms with E-state index >= 15 is 0 Å². The number of likely N-dealkylation sites (N-methyl/N-ethyl adjacent to an activating group) is 2. The molecule has 1 aromatic carbocycles. The van der Waals surface area contributed by atoms with Gasteiger partial charge in [-0.15, -0.1) is 5.10 Å². The Bertz CT molecular complexity index is 1010. The van der Waals surface area contributed by atoms with Gasteiger partial charge < -0.3 is 15.1 Å². The van der Waals surface area contributed by atoms with Crippen molar-refractivity contribution in [1.82, 2.24) is 19.5 Å². The number of nitrogens with one attached hydrogen (secondary N) is 2. The lowest BCUT2D eigenvalue weighted by molar-refractivity contribution is 0.252. The third kappa shape index (κ3) is 10.9. The molecule has 1 aliphatic heterocycles. The molecule has 0 spiro atoms. The molecule has 0 radical (unpaired) electrons. The summed E-state index contributed by atoms with van der Waals surface area (Å²) >= 11 is 0. The lowest BCUT2D eigenvalue weighted by atomic mass is 10.1. The number of anilines is 1. The molecule has 0 saturated carbocycles. The predicted octanol–water partition coefficient (Wildman–Crippen LogP) is 6.37. The largest absolute Gasteiger partial charge is 0.343 e. The second-order valence-electron chi connectivity index (χ2n) is 10.9. The van der Waals surface area contributed by atoms with Crippen molar-refractivity contribution in [2.24, 2.45) is 5.10 Å². The van der Waals surface area contributed by atoms with E-state index in [-0.39, 0.29) is 4.90 Å². The zero-order valence-corrected chi connectivity index (χ0v) is 26.5. The average molecular weight is 579 g/mol. The number of sulfonamides is 1. The van der Waals surface area contributed by atoms with Crippen molar-refractivity contribution in [2.75, 3.05) is 45.1 Å². The maximum absolute atomic E-state index is 13.8. The van der Waals surface area contributed by atoms with Gasteiger partial charge in [0.15, 0.2) is 0 Å². The van der Waals surface area contributed by atoms with Crippen LogP contribution >= 0.6 is 0 Å². The Hall–Kier alpha value is -2.33. The minimum absolute atomic E-state index is 0.212. The molecule has 0 aliphatic carbocycles. The molecule has 40 heavy (non-hydrogen) atoms. The Morgan fingerprint density at radius 1 is 0.900 bits per heavy atom. The number of aryl methyl sites for hydroxylation is 1. The van der Waals surface area contributed by atoms with Crippen LogP contribution in [0, 0.1) is 6.92 Å². The highest BCUT2D eigenvalue weighted by molar-refractivity contribution is 7.89. The van der Waals surface area contributed by atoms with Crippen molar-refractivity contribution in [1.29, 1.82) is 0 Å². The molecule has 10 heteroatoms. The molecule has 1 aromatic rings. The molecule has 1 aliphatic rings. The molecule has 0 bridgehead atoms. The van der Waals surface area contributed by atoms with Crippen LogP contribution in [0.1, 0.15) is 103 Å². The number of hydrogen-bond acceptors (Lipinski definition) is 4. The van der Waals surface area contributed by atoms with E-state index in [0.717, 1.165) is 63.7 Å². The minimum atomic E-state index is -3.69. The van der Waals surface area contributed by atoms with Crippen molar-refractivity contribution < 1.29 is 13.2 Å². The smallest absolute Gasteiger partial charge is 0.339 e. The summed E-state index contributed by atoms with van der Waals surface area (Å²) in [6.07, 6.45) is 13.3. The highest BCUT2D eigenvalue weighted by atomic mass is 32.2. The first kappa shape index (κ1) is 33.9. The molecule has 2 amide bonds. The molecule has 0 aromatic heterocycles. The van der Waals surface area contributed by atoms with E-state index in [4.69, 9.17) is 0 Å². The summed E-state index contributed by atoms with van der Waals surface area (Å²) < 4.78 is 29.2. The van der Waals surface area contributed by atoms with Crippen LogP contribution in [0.25, 0.3) is 0 Å². The molecular weight excluding hydrogens is 524 g/mol. The van der Waals surface area contributed by atoms with Crippen LogP contribution in [0.4, 0.5) is 10.5 Å². The fraction of sp³-hybridized carbons (Fsp3) is 0.733. The van der Waals surface area contributed by atoms with Crippen LogP contribution in [0.3, 0.4) is 0 Å². The first-order valence-corrected chi connectivity index (χ1v) is 16.9. The van der Waals surface area contributed by atoms with Crippen molar-refractivity contribution in [3.05, 3.63) is 23.8 Å². The lowest BCUT2D eigenvalue weighted by Crippen LogP contribution is -2.35. The average Bonchev–Trinajstić information content (AvgIpc) is 3.30. The number of hydrazone groups is 1. The fourth-order valence-electron chi connectivity index (χ4n) is 4.95. The first-order valence-electron chi connectivity index (χ1n) is 15.5. The van der Waals surface area contributed by atoms with Crippen molar-refractivity contribution in [3.8, 4) is 0 Å². The normalized spacial score (nSPS) is 14.9. The van der Waals surface area contributed by atoms with Crippen molar-refractivity contribution >= 4 is 27.7 Å². The van der Waals surface area contributed by atoms with Gasteiger partial charge in [0, 0.05) is 45.5 Å². The van der Waals surface area contributed by atoms with Crippen LogP contribution in [0.15, 0.2) is 28.2 Å². The van der Waals surface area contributed by atoms with E-state index in [1.165, 1.54) is 38.5 Å². The Morgan fingerprint density at radius 3 is 2.05 bits per heavy atom. The number of carbonyl (C=O) groups is 1. The third-order valence-corrected chi connectivity index (χ3v) is 9.48. The van der Waals surface area contributed by atoms with E-state index in [9.17, 15) is 13.2 Å². The van der Waals surface area contributed by atoms with Gasteiger partial charge in [0.25, 0.3) is 0 Å². The number of amides is 2. The lowest BCUT2D eigenvalue weighted by Gasteiger charge is -2.23. The molecular formula is C30H54N6O3S. The van der Waals surface area contributed by atoms with Crippen molar-refractivity contribution in [3.63, 3.8) is 0 Å². The number of urea groups is 1. The standard InChI is InChI=1S/C30H54N6O3S/c1-6-9-11-13-15-17-21-36(22-18-16-14-12-10-7-2)40(38,39)27-20-19-26(4)28(25-27)31-29(37)32-33-30-34(5)23-24-35(30)8-3/h19-20,25H,6-18,21-24H2,1-5H3,(H2,31,32,37)/b33-30-. The number of unbranched alkanes of at least 4 members (excludes halogenated alkanes) is 10. The molecule has 0 atom stereocenters. The molecule has 2 N–H and O–H groups in total. The molecule has 1 heterocycles. The highest BCUT2D eigenvalue weighted by Crippen LogP contribution is 2.24. The zero-order chi connectivity index (χ0) is 29.4. The molecule has 9 nitrogen and oxygen atoms in total. The summed E-state index contributed by atoms with van der Waals surface area (Å²) in [6, 6.07) is 4.48. The predicted molar refractivity (Wildman–Crippen MR) is 166 cm³/mol. The summed E-state index contributed by atoms with van der Waals surface area (Å²) in [6.45, 7) is 11.9. The van der Waals surface area contributed by atoms with Gasteiger partial charge in [0.2, 0.25) is 16.0 Å². The van der Waals surface area contributed by atoms with E-state index in [1.807, 2.05) is 25.8 Å². The number of rotatable bonds is 19. The molecule has 228 valence electrons. The Labute approximate surface area is 243 Å². The Morgan fingerprint density at radius 2 is 1.48 bits per heavy atom. The number of nitrogens with zero attached hydrogens (tertiary/aromatic N) is 4. The fourth-order valence-corrected chi connectivity index (χ4v) is 6.50. The number of guanidine groups is 1. The van der Waals surface area contributed by atoms with Gasteiger partial charge >= 0.3 is 6.03 Å². The molecule has 0 unspecified atom stereocenters. The van der Waals surface area contributed by atoms with Crippen LogP contribution in [-0.4, -0.2) is 74.3 Å². The molecule has 2 rings (SSSR count). The van der Waals surface area contributed by atoms with Crippen LogP contribution in [0.5, 0.6) is 0 Å². The maximum atomic E-state index is 13.8. The van der Waals surface area contributed by atoms with Crippen LogP contribution in [0.2, 0.25) is 0 Å². The minimum Gasteiger partial charge on any atom is -0.343 e. The van der Waals surface area contributed by atoms with E-state index in [1.54, 1.807) is 22.5 Å². The summed E-state index contributed by atoms with van der Waals surface area (Å²) in [7, 11) is -1.75. The van der Waals surface area contributed by atoms with Gasteiger partial charge in [-0.3, -0.25) is 0 Å². The summed E-state index contributed by atoms with van der Waals surface area (Å²) in [5, 5.41) is 7.08. The van der Waals surface area contributed by atoms with Crippen LogP contribution < -0.4 is 10.7 Å². The van der Waals surface area contributed by atoms with Gasteiger partial charge in [0.1, 0.15) is 0 Å².